The SMILES string of the molecule is CCc1cc(C)cc(CC)c1C1=C(O)[C@@H]2[C@@H]3O[C@@H](C[C@H]3c3cc(Cl)cc(Cl)c3)[C@@H]2C1=O. The number of benzene rings is 2. The molecule has 5 rings (SSSR count). The van der Waals surface area contributed by atoms with Crippen LogP contribution in [-0.2, 0) is 22.4 Å². The summed E-state index contributed by atoms with van der Waals surface area (Å²) in [6, 6.07) is 9.82. The van der Waals surface area contributed by atoms with E-state index < -0.39 is 0 Å². The van der Waals surface area contributed by atoms with Gasteiger partial charge in [0.2, 0.25) is 0 Å². The molecule has 162 valence electrons. The van der Waals surface area contributed by atoms with Gasteiger partial charge < -0.3 is 9.84 Å². The molecule has 0 saturated carbocycles. The molecule has 2 aliphatic heterocycles. The molecule has 3 nitrogen and oxygen atoms in total. The van der Waals surface area contributed by atoms with E-state index in [1.54, 1.807) is 6.07 Å². The van der Waals surface area contributed by atoms with Gasteiger partial charge in [-0.3, -0.25) is 4.79 Å². The summed E-state index contributed by atoms with van der Waals surface area (Å²) in [5.41, 5.74) is 5.90. The Balaban J connectivity index is 1.60. The molecule has 1 aliphatic carbocycles. The quantitative estimate of drug-likeness (QED) is 0.573. The lowest BCUT2D eigenvalue weighted by molar-refractivity contribution is -0.118. The normalized spacial score (nSPS) is 29.2. The Kier molecular flexibility index (Phi) is 5.20. The average Bonchev–Trinajstić information content (AvgIpc) is 3.38. The van der Waals surface area contributed by atoms with Crippen LogP contribution >= 0.6 is 23.2 Å². The zero-order valence-corrected chi connectivity index (χ0v) is 19.4. The minimum Gasteiger partial charge on any atom is -0.511 e. The van der Waals surface area contributed by atoms with Crippen molar-refractivity contribution in [3.8, 4) is 0 Å². The smallest absolute Gasteiger partial charge is 0.173 e. The molecule has 2 saturated heterocycles. The number of carbonyl (C=O) groups excluding carboxylic acids is 1. The summed E-state index contributed by atoms with van der Waals surface area (Å²) in [4.78, 5) is 13.6. The van der Waals surface area contributed by atoms with Crippen molar-refractivity contribution in [3.63, 3.8) is 0 Å². The Bertz CT molecular complexity index is 1070. The monoisotopic (exact) mass is 456 g/mol. The van der Waals surface area contributed by atoms with Gasteiger partial charge in [0.25, 0.3) is 0 Å². The van der Waals surface area contributed by atoms with Crippen LogP contribution in [0.2, 0.25) is 10.0 Å². The van der Waals surface area contributed by atoms with Crippen molar-refractivity contribution in [2.45, 2.75) is 58.2 Å². The second-order valence-corrected chi connectivity index (χ2v) is 9.90. The molecule has 5 atom stereocenters. The van der Waals surface area contributed by atoms with Crippen LogP contribution in [0.25, 0.3) is 5.57 Å². The Morgan fingerprint density at radius 2 is 1.61 bits per heavy atom. The standard InChI is InChI=1S/C26H26Cl2O3/c1-4-13-6-12(3)7-14(5-2)20(13)22-24(29)21-19-11-18(26(31-19)23(21)25(22)30)15-8-16(27)10-17(28)9-15/h6-10,18-19,21,23,26,30H,4-5,11H2,1-3H3/t18-,19-,21-,23+,26+/m0/s1. The third-order valence-electron chi connectivity index (χ3n) is 7.25. The number of ketones is 1. The fourth-order valence-electron chi connectivity index (χ4n) is 6.04. The fraction of sp³-hybridized carbons (Fsp3) is 0.423. The number of carbonyl (C=O) groups is 1. The topological polar surface area (TPSA) is 46.5 Å². The molecular weight excluding hydrogens is 431 g/mol. The number of allylic oxidation sites excluding steroid dienone is 1. The first-order chi connectivity index (χ1) is 14.8. The molecule has 0 aromatic heterocycles. The van der Waals surface area contributed by atoms with Gasteiger partial charge in [0.15, 0.2) is 5.78 Å². The molecule has 2 aromatic rings. The highest BCUT2D eigenvalue weighted by Gasteiger charge is 2.62. The number of hydrogen-bond donors (Lipinski definition) is 1. The number of aryl methyl sites for hydroxylation is 3. The highest BCUT2D eigenvalue weighted by atomic mass is 35.5. The van der Waals surface area contributed by atoms with Crippen molar-refractivity contribution in [1.82, 2.24) is 0 Å². The third-order valence-corrected chi connectivity index (χ3v) is 7.68. The second kappa shape index (κ2) is 7.65. The maximum Gasteiger partial charge on any atom is 0.173 e. The van der Waals surface area contributed by atoms with Gasteiger partial charge in [0.05, 0.1) is 29.6 Å². The second-order valence-electron chi connectivity index (χ2n) is 9.03. The number of Topliss-reactive ketones (excluding diaryl/α,β-unsaturated/α-hetero) is 1. The molecule has 0 unspecified atom stereocenters. The predicted molar refractivity (Wildman–Crippen MR) is 124 cm³/mol. The van der Waals surface area contributed by atoms with Crippen LogP contribution < -0.4 is 0 Å². The van der Waals surface area contributed by atoms with E-state index in [2.05, 4.69) is 32.9 Å². The van der Waals surface area contributed by atoms with Crippen molar-refractivity contribution >= 4 is 34.6 Å². The number of halogens is 2. The van der Waals surface area contributed by atoms with Crippen LogP contribution in [0, 0.1) is 18.8 Å². The number of aliphatic hydroxyl groups excluding tert-OH is 1. The summed E-state index contributed by atoms with van der Waals surface area (Å²) in [7, 11) is 0. The molecule has 1 N–H and O–H groups in total. The largest absolute Gasteiger partial charge is 0.511 e. The predicted octanol–water partition coefficient (Wildman–Crippen LogP) is 6.47. The van der Waals surface area contributed by atoms with Crippen LogP contribution in [0.15, 0.2) is 36.1 Å². The van der Waals surface area contributed by atoms with Gasteiger partial charge >= 0.3 is 0 Å². The summed E-state index contributed by atoms with van der Waals surface area (Å²) in [6.45, 7) is 6.28. The molecule has 3 aliphatic rings. The maximum atomic E-state index is 13.6. The summed E-state index contributed by atoms with van der Waals surface area (Å²) in [5, 5.41) is 12.6. The Morgan fingerprint density at radius 3 is 2.19 bits per heavy atom. The maximum absolute atomic E-state index is 13.6. The van der Waals surface area contributed by atoms with E-state index in [0.29, 0.717) is 15.6 Å². The number of fused-ring (bicyclic) bond motifs is 5. The first-order valence-corrected chi connectivity index (χ1v) is 11.8. The Hall–Kier alpha value is -1.81. The number of aliphatic hydroxyl groups is 1. The third kappa shape index (κ3) is 3.16. The molecule has 2 aromatic carbocycles. The van der Waals surface area contributed by atoms with Crippen LogP contribution in [0.4, 0.5) is 0 Å². The molecule has 2 heterocycles. The number of ether oxygens (including phenoxy) is 1. The first-order valence-electron chi connectivity index (χ1n) is 11.1. The Morgan fingerprint density at radius 1 is 1.00 bits per heavy atom. The highest BCUT2D eigenvalue weighted by molar-refractivity contribution is 6.34. The summed E-state index contributed by atoms with van der Waals surface area (Å²) in [6.07, 6.45) is 1.94. The zero-order chi connectivity index (χ0) is 22.0. The molecular formula is C26H26Cl2O3. The van der Waals surface area contributed by atoms with E-state index in [4.69, 9.17) is 27.9 Å². The molecule has 0 amide bonds. The summed E-state index contributed by atoms with van der Waals surface area (Å²) in [5.74, 6) is -0.313. The van der Waals surface area contributed by atoms with Crippen molar-refractivity contribution < 1.29 is 14.6 Å². The lowest BCUT2D eigenvalue weighted by Gasteiger charge is -2.28. The van der Waals surface area contributed by atoms with Crippen molar-refractivity contribution in [2.24, 2.45) is 11.8 Å². The van der Waals surface area contributed by atoms with Crippen LogP contribution in [-0.4, -0.2) is 23.1 Å². The zero-order valence-electron chi connectivity index (χ0n) is 17.9. The highest BCUT2D eigenvalue weighted by Crippen LogP contribution is 2.58. The van der Waals surface area contributed by atoms with Gasteiger partial charge in [0.1, 0.15) is 5.76 Å². The van der Waals surface area contributed by atoms with E-state index in [1.165, 1.54) is 5.56 Å². The van der Waals surface area contributed by atoms with E-state index in [9.17, 15) is 9.90 Å². The van der Waals surface area contributed by atoms with Gasteiger partial charge in [-0.05, 0) is 66.6 Å². The fourth-order valence-corrected chi connectivity index (χ4v) is 6.59. The van der Waals surface area contributed by atoms with Gasteiger partial charge in [-0.1, -0.05) is 54.7 Å². The number of rotatable bonds is 4. The average molecular weight is 457 g/mol. The van der Waals surface area contributed by atoms with Gasteiger partial charge in [-0.25, -0.2) is 0 Å². The van der Waals surface area contributed by atoms with E-state index in [1.807, 2.05) is 12.1 Å². The Labute approximate surface area is 193 Å². The van der Waals surface area contributed by atoms with Gasteiger partial charge in [0, 0.05) is 16.0 Å². The lowest BCUT2D eigenvalue weighted by atomic mass is 9.72. The molecule has 5 heteroatoms. The van der Waals surface area contributed by atoms with Crippen LogP contribution in [0.3, 0.4) is 0 Å². The van der Waals surface area contributed by atoms with Gasteiger partial charge in [-0.2, -0.15) is 0 Å². The summed E-state index contributed by atoms with van der Waals surface area (Å²) >= 11 is 12.5. The molecule has 31 heavy (non-hydrogen) atoms. The summed E-state index contributed by atoms with van der Waals surface area (Å²) < 4.78 is 6.24. The van der Waals surface area contributed by atoms with E-state index in [0.717, 1.165) is 41.5 Å². The van der Waals surface area contributed by atoms with Crippen LogP contribution in [0.5, 0.6) is 0 Å². The first kappa shape index (κ1) is 21.1. The van der Waals surface area contributed by atoms with Crippen molar-refractivity contribution in [2.75, 3.05) is 0 Å². The van der Waals surface area contributed by atoms with Crippen molar-refractivity contribution in [1.29, 1.82) is 0 Å². The molecule has 0 radical (unpaired) electrons. The minimum atomic E-state index is -0.306. The molecule has 2 fully saturated rings. The van der Waals surface area contributed by atoms with E-state index >= 15 is 0 Å². The van der Waals surface area contributed by atoms with E-state index in [-0.39, 0.29) is 41.5 Å². The van der Waals surface area contributed by atoms with Crippen LogP contribution in [0.1, 0.15) is 54.0 Å². The molecule has 0 spiro atoms. The number of hydrogen-bond acceptors (Lipinski definition) is 3. The van der Waals surface area contributed by atoms with Crippen molar-refractivity contribution in [3.05, 3.63) is 74.0 Å². The lowest BCUT2D eigenvalue weighted by Crippen LogP contribution is -2.33. The minimum absolute atomic E-state index is 0.0332. The molecule has 2 bridgehead atoms. The van der Waals surface area contributed by atoms with Gasteiger partial charge in [-0.15, -0.1) is 0 Å².